The Hall–Kier alpha value is -1.89. The predicted octanol–water partition coefficient (Wildman–Crippen LogP) is 3.76. The van der Waals surface area contributed by atoms with E-state index in [0.29, 0.717) is 48.8 Å². The number of amides is 1. The standard InChI is InChI=1S/C21H25ClN2O3S/c1-16-2-8-20(9-3-16)28(26,27)24-12-10-17(11-13-24)14-21(25)23-15-18-4-6-19(22)7-5-18/h2-9,17H,10-15H2,1H3,(H,23,25). The first kappa shape index (κ1) is 20.8. The van der Waals surface area contributed by atoms with E-state index in [1.165, 1.54) is 4.31 Å². The van der Waals surface area contributed by atoms with E-state index in [1.54, 1.807) is 24.3 Å². The minimum atomic E-state index is -3.46. The minimum Gasteiger partial charge on any atom is -0.352 e. The lowest BCUT2D eigenvalue weighted by Gasteiger charge is -2.31. The summed E-state index contributed by atoms with van der Waals surface area (Å²) in [4.78, 5) is 12.5. The molecule has 7 heteroatoms. The molecule has 0 aromatic heterocycles. The van der Waals surface area contributed by atoms with Gasteiger partial charge in [-0.25, -0.2) is 8.42 Å². The van der Waals surface area contributed by atoms with Gasteiger partial charge in [0, 0.05) is 31.1 Å². The second-order valence-electron chi connectivity index (χ2n) is 7.27. The van der Waals surface area contributed by atoms with Crippen LogP contribution in [0.15, 0.2) is 53.4 Å². The number of hydrogen-bond acceptors (Lipinski definition) is 3. The predicted molar refractivity (Wildman–Crippen MR) is 111 cm³/mol. The Kier molecular flexibility index (Phi) is 6.75. The number of benzene rings is 2. The number of piperidine rings is 1. The van der Waals surface area contributed by atoms with E-state index in [-0.39, 0.29) is 11.8 Å². The summed E-state index contributed by atoms with van der Waals surface area (Å²) in [5.74, 6) is 0.199. The second-order valence-corrected chi connectivity index (χ2v) is 9.64. The third kappa shape index (κ3) is 5.34. The molecule has 0 saturated carbocycles. The molecule has 5 nitrogen and oxygen atoms in total. The lowest BCUT2D eigenvalue weighted by atomic mass is 9.94. The van der Waals surface area contributed by atoms with E-state index in [2.05, 4.69) is 5.32 Å². The number of nitrogens with zero attached hydrogens (tertiary/aromatic N) is 1. The lowest BCUT2D eigenvalue weighted by molar-refractivity contribution is -0.122. The first-order valence-corrected chi connectivity index (χ1v) is 11.2. The Morgan fingerprint density at radius 2 is 1.68 bits per heavy atom. The number of nitrogens with one attached hydrogen (secondary N) is 1. The van der Waals surface area contributed by atoms with Crippen molar-refractivity contribution >= 4 is 27.5 Å². The zero-order chi connectivity index (χ0) is 20.1. The van der Waals surface area contributed by atoms with Gasteiger partial charge in [0.2, 0.25) is 15.9 Å². The quantitative estimate of drug-likeness (QED) is 0.773. The van der Waals surface area contributed by atoms with E-state index < -0.39 is 10.0 Å². The van der Waals surface area contributed by atoms with Crippen molar-refractivity contribution in [3.8, 4) is 0 Å². The number of halogens is 1. The number of sulfonamides is 1. The summed E-state index contributed by atoms with van der Waals surface area (Å²) in [6.45, 7) is 3.30. The number of carbonyl (C=O) groups excluding carboxylic acids is 1. The summed E-state index contributed by atoms with van der Waals surface area (Å²) in [7, 11) is -3.46. The molecule has 0 unspecified atom stereocenters. The lowest BCUT2D eigenvalue weighted by Crippen LogP contribution is -2.39. The molecular weight excluding hydrogens is 396 g/mol. The summed E-state index contributed by atoms with van der Waals surface area (Å²) < 4.78 is 27.0. The molecule has 0 spiro atoms. The maximum absolute atomic E-state index is 12.7. The molecule has 150 valence electrons. The fourth-order valence-corrected chi connectivity index (χ4v) is 4.95. The maximum Gasteiger partial charge on any atom is 0.243 e. The molecule has 1 aliphatic heterocycles. The van der Waals surface area contributed by atoms with Crippen molar-refractivity contribution in [1.29, 1.82) is 0 Å². The molecule has 1 saturated heterocycles. The molecule has 0 radical (unpaired) electrons. The molecule has 1 amide bonds. The van der Waals surface area contributed by atoms with Crippen LogP contribution in [0.2, 0.25) is 5.02 Å². The molecule has 1 fully saturated rings. The molecule has 3 rings (SSSR count). The Morgan fingerprint density at radius 1 is 1.07 bits per heavy atom. The third-order valence-corrected chi connectivity index (χ3v) is 7.27. The fraction of sp³-hybridized carbons (Fsp3) is 0.381. The van der Waals surface area contributed by atoms with Crippen LogP contribution in [-0.4, -0.2) is 31.7 Å². The maximum atomic E-state index is 12.7. The van der Waals surface area contributed by atoms with Crippen molar-refractivity contribution in [2.24, 2.45) is 5.92 Å². The molecule has 1 heterocycles. The van der Waals surface area contributed by atoms with Crippen LogP contribution in [0.4, 0.5) is 0 Å². The summed E-state index contributed by atoms with van der Waals surface area (Å²) in [5, 5.41) is 3.59. The van der Waals surface area contributed by atoms with Gasteiger partial charge in [0.1, 0.15) is 0 Å². The van der Waals surface area contributed by atoms with Crippen LogP contribution in [0.3, 0.4) is 0 Å². The number of rotatable bonds is 6. The van der Waals surface area contributed by atoms with Crippen LogP contribution in [0.5, 0.6) is 0 Å². The van der Waals surface area contributed by atoms with Crippen molar-refractivity contribution in [3.05, 3.63) is 64.7 Å². The van der Waals surface area contributed by atoms with Crippen molar-refractivity contribution < 1.29 is 13.2 Å². The van der Waals surface area contributed by atoms with Gasteiger partial charge in [-0.05, 0) is 55.5 Å². The smallest absolute Gasteiger partial charge is 0.243 e. The van der Waals surface area contributed by atoms with E-state index in [0.717, 1.165) is 11.1 Å². The van der Waals surface area contributed by atoms with Gasteiger partial charge in [-0.3, -0.25) is 4.79 Å². The SMILES string of the molecule is Cc1ccc(S(=O)(=O)N2CCC(CC(=O)NCc3ccc(Cl)cc3)CC2)cc1. The van der Waals surface area contributed by atoms with Gasteiger partial charge in [0.05, 0.1) is 4.90 Å². The summed E-state index contributed by atoms with van der Waals surface area (Å²) in [5.41, 5.74) is 2.03. The minimum absolute atomic E-state index is 0.00482. The second kappa shape index (κ2) is 9.07. The van der Waals surface area contributed by atoms with Crippen LogP contribution in [0.1, 0.15) is 30.4 Å². The highest BCUT2D eigenvalue weighted by Gasteiger charge is 2.30. The van der Waals surface area contributed by atoms with Crippen LogP contribution in [-0.2, 0) is 21.4 Å². The first-order valence-electron chi connectivity index (χ1n) is 9.42. The summed E-state index contributed by atoms with van der Waals surface area (Å²) in [6.07, 6.45) is 1.81. The topological polar surface area (TPSA) is 66.5 Å². The number of aryl methyl sites for hydroxylation is 1. The van der Waals surface area contributed by atoms with Gasteiger partial charge in [0.25, 0.3) is 0 Å². The van der Waals surface area contributed by atoms with E-state index in [9.17, 15) is 13.2 Å². The third-order valence-electron chi connectivity index (χ3n) is 5.11. The molecule has 1 N–H and O–H groups in total. The van der Waals surface area contributed by atoms with Gasteiger partial charge in [-0.15, -0.1) is 0 Å². The van der Waals surface area contributed by atoms with Gasteiger partial charge < -0.3 is 5.32 Å². The van der Waals surface area contributed by atoms with Gasteiger partial charge in [-0.1, -0.05) is 41.4 Å². The van der Waals surface area contributed by atoms with Gasteiger partial charge in [-0.2, -0.15) is 4.31 Å². The highest BCUT2D eigenvalue weighted by atomic mass is 35.5. The largest absolute Gasteiger partial charge is 0.352 e. The highest BCUT2D eigenvalue weighted by Crippen LogP contribution is 2.25. The fourth-order valence-electron chi connectivity index (χ4n) is 3.35. The molecule has 0 atom stereocenters. The molecule has 28 heavy (non-hydrogen) atoms. The van der Waals surface area contributed by atoms with E-state index >= 15 is 0 Å². The van der Waals surface area contributed by atoms with Crippen molar-refractivity contribution in [2.45, 2.75) is 37.6 Å². The molecule has 2 aromatic carbocycles. The molecule has 2 aromatic rings. The summed E-state index contributed by atoms with van der Waals surface area (Å²) in [6, 6.07) is 14.3. The Morgan fingerprint density at radius 3 is 2.29 bits per heavy atom. The molecular formula is C21H25ClN2O3S. The number of hydrogen-bond donors (Lipinski definition) is 1. The van der Waals surface area contributed by atoms with E-state index in [4.69, 9.17) is 11.6 Å². The Labute approximate surface area is 171 Å². The normalized spacial score (nSPS) is 16.1. The zero-order valence-corrected chi connectivity index (χ0v) is 17.5. The highest BCUT2D eigenvalue weighted by molar-refractivity contribution is 7.89. The molecule has 0 bridgehead atoms. The molecule has 1 aliphatic rings. The summed E-state index contributed by atoms with van der Waals surface area (Å²) >= 11 is 5.86. The van der Waals surface area contributed by atoms with Crippen LogP contribution in [0.25, 0.3) is 0 Å². The van der Waals surface area contributed by atoms with Crippen LogP contribution in [0, 0.1) is 12.8 Å². The van der Waals surface area contributed by atoms with Crippen molar-refractivity contribution in [1.82, 2.24) is 9.62 Å². The van der Waals surface area contributed by atoms with Crippen LogP contribution >= 0.6 is 11.6 Å². The van der Waals surface area contributed by atoms with Gasteiger partial charge >= 0.3 is 0 Å². The molecule has 0 aliphatic carbocycles. The average Bonchev–Trinajstić information content (AvgIpc) is 2.68. The van der Waals surface area contributed by atoms with Crippen LogP contribution < -0.4 is 5.32 Å². The Bertz CT molecular complexity index is 904. The van der Waals surface area contributed by atoms with Crippen molar-refractivity contribution in [2.75, 3.05) is 13.1 Å². The van der Waals surface area contributed by atoms with Gasteiger partial charge in [0.15, 0.2) is 0 Å². The Balaban J connectivity index is 1.47. The average molecular weight is 421 g/mol. The zero-order valence-electron chi connectivity index (χ0n) is 15.9. The monoisotopic (exact) mass is 420 g/mol. The van der Waals surface area contributed by atoms with E-state index in [1.807, 2.05) is 31.2 Å². The first-order chi connectivity index (χ1) is 13.3. The van der Waals surface area contributed by atoms with Crippen molar-refractivity contribution in [3.63, 3.8) is 0 Å². The number of carbonyl (C=O) groups is 1.